The molecule has 0 aliphatic heterocycles. The van der Waals surface area contributed by atoms with E-state index >= 15 is 0 Å². The summed E-state index contributed by atoms with van der Waals surface area (Å²) in [6.07, 6.45) is 0. The van der Waals surface area contributed by atoms with Crippen molar-refractivity contribution in [2.45, 2.75) is 46.1 Å². The minimum absolute atomic E-state index is 0.0378. The normalized spacial score (nSPS) is 10.9. The second-order valence-electron chi connectivity index (χ2n) is 7.06. The van der Waals surface area contributed by atoms with Crippen molar-refractivity contribution in [2.24, 2.45) is 0 Å². The number of amides is 1. The second-order valence-corrected chi connectivity index (χ2v) is 7.06. The number of hydrogen-bond donors (Lipinski definition) is 2. The van der Waals surface area contributed by atoms with Crippen LogP contribution in [0.15, 0.2) is 42.5 Å². The highest BCUT2D eigenvalue weighted by Crippen LogP contribution is 2.32. The molecule has 0 saturated carbocycles. The van der Waals surface area contributed by atoms with Crippen LogP contribution in [0.5, 0.6) is 5.75 Å². The molecular weight excluding hydrogens is 324 g/mol. The lowest BCUT2D eigenvalue weighted by atomic mass is 9.92. The molecule has 0 spiro atoms. The molecule has 4 nitrogen and oxygen atoms in total. The fourth-order valence-electron chi connectivity index (χ4n) is 3.03. The monoisotopic (exact) mass is 354 g/mol. The lowest BCUT2D eigenvalue weighted by molar-refractivity contribution is -0.119. The van der Waals surface area contributed by atoms with Crippen LogP contribution in [0.25, 0.3) is 0 Å². The lowest BCUT2D eigenvalue weighted by Crippen LogP contribution is -2.30. The maximum Gasteiger partial charge on any atom is 0.239 e. The molecule has 2 rings (SSSR count). The van der Waals surface area contributed by atoms with Crippen molar-refractivity contribution >= 4 is 11.6 Å². The molecular formula is C22H30N2O2. The van der Waals surface area contributed by atoms with Crippen molar-refractivity contribution in [3.63, 3.8) is 0 Å². The molecule has 0 saturated heterocycles. The van der Waals surface area contributed by atoms with Crippen molar-refractivity contribution in [3.05, 3.63) is 59.2 Å². The molecule has 0 heterocycles. The van der Waals surface area contributed by atoms with Gasteiger partial charge < -0.3 is 15.4 Å². The van der Waals surface area contributed by atoms with E-state index < -0.39 is 0 Å². The molecule has 0 unspecified atom stereocenters. The SMILES string of the molecule is COc1ccccc1CNC(=O)CNc1c(C(C)C)cccc1C(C)C. The number of carbonyl (C=O) groups excluding carboxylic acids is 1. The first-order valence-electron chi connectivity index (χ1n) is 9.19. The zero-order valence-electron chi connectivity index (χ0n) is 16.4. The molecule has 26 heavy (non-hydrogen) atoms. The zero-order valence-corrected chi connectivity index (χ0v) is 16.4. The Kier molecular flexibility index (Phi) is 7.07. The number of rotatable bonds is 8. The highest BCUT2D eigenvalue weighted by molar-refractivity contribution is 5.81. The van der Waals surface area contributed by atoms with Crippen LogP contribution in [-0.2, 0) is 11.3 Å². The van der Waals surface area contributed by atoms with Gasteiger partial charge in [0.15, 0.2) is 0 Å². The Bertz CT molecular complexity index is 712. The number of carbonyl (C=O) groups is 1. The summed E-state index contributed by atoms with van der Waals surface area (Å²) >= 11 is 0. The van der Waals surface area contributed by atoms with E-state index in [9.17, 15) is 4.79 Å². The molecule has 0 bridgehead atoms. The quantitative estimate of drug-likeness (QED) is 0.724. The van der Waals surface area contributed by atoms with E-state index in [0.717, 1.165) is 17.0 Å². The van der Waals surface area contributed by atoms with Crippen LogP contribution in [0.1, 0.15) is 56.2 Å². The first-order valence-corrected chi connectivity index (χ1v) is 9.19. The number of ether oxygens (including phenoxy) is 1. The molecule has 140 valence electrons. The fourth-order valence-corrected chi connectivity index (χ4v) is 3.03. The van der Waals surface area contributed by atoms with Crippen LogP contribution in [-0.4, -0.2) is 19.6 Å². The zero-order chi connectivity index (χ0) is 19.1. The van der Waals surface area contributed by atoms with E-state index in [1.54, 1.807) is 7.11 Å². The largest absolute Gasteiger partial charge is 0.496 e. The van der Waals surface area contributed by atoms with E-state index in [2.05, 4.69) is 56.5 Å². The van der Waals surface area contributed by atoms with Crippen LogP contribution in [0.2, 0.25) is 0 Å². The van der Waals surface area contributed by atoms with Gasteiger partial charge in [-0.3, -0.25) is 4.79 Å². The average molecular weight is 354 g/mol. The smallest absolute Gasteiger partial charge is 0.239 e. The van der Waals surface area contributed by atoms with Crippen molar-refractivity contribution in [1.29, 1.82) is 0 Å². The van der Waals surface area contributed by atoms with Crippen molar-refractivity contribution < 1.29 is 9.53 Å². The Hall–Kier alpha value is -2.49. The van der Waals surface area contributed by atoms with E-state index in [-0.39, 0.29) is 12.5 Å². The topological polar surface area (TPSA) is 50.4 Å². The van der Waals surface area contributed by atoms with Crippen LogP contribution >= 0.6 is 0 Å². The van der Waals surface area contributed by atoms with E-state index in [1.165, 1.54) is 11.1 Å². The highest BCUT2D eigenvalue weighted by Gasteiger charge is 2.14. The van der Waals surface area contributed by atoms with E-state index in [1.807, 2.05) is 24.3 Å². The summed E-state index contributed by atoms with van der Waals surface area (Å²) in [5, 5.41) is 6.33. The number of benzene rings is 2. The molecule has 0 aliphatic rings. The Balaban J connectivity index is 2.03. The Labute approximate surface area is 157 Å². The van der Waals surface area contributed by atoms with Crippen LogP contribution in [0.3, 0.4) is 0 Å². The predicted octanol–water partition coefficient (Wildman–Crippen LogP) is 4.67. The second kappa shape index (κ2) is 9.27. The lowest BCUT2D eigenvalue weighted by Gasteiger charge is -2.20. The summed E-state index contributed by atoms with van der Waals surface area (Å²) in [7, 11) is 1.64. The number of nitrogens with one attached hydrogen (secondary N) is 2. The summed E-state index contributed by atoms with van der Waals surface area (Å²) in [6.45, 7) is 9.39. The average Bonchev–Trinajstić information content (AvgIpc) is 2.64. The third-order valence-corrected chi connectivity index (χ3v) is 4.47. The van der Waals surface area contributed by atoms with Crippen molar-refractivity contribution in [3.8, 4) is 5.75 Å². The summed E-state index contributed by atoms with van der Waals surface area (Å²) in [5.41, 5.74) is 4.54. The maximum absolute atomic E-state index is 12.3. The molecule has 0 aliphatic carbocycles. The standard InChI is InChI=1S/C22H30N2O2/c1-15(2)18-10-8-11-19(16(3)4)22(18)24-14-21(25)23-13-17-9-6-7-12-20(17)26-5/h6-12,15-16,24H,13-14H2,1-5H3,(H,23,25). The van der Waals surface area contributed by atoms with Gasteiger partial charge in [-0.25, -0.2) is 0 Å². The van der Waals surface area contributed by atoms with E-state index in [0.29, 0.717) is 18.4 Å². The van der Waals surface area contributed by atoms with Gasteiger partial charge in [0, 0.05) is 17.8 Å². The van der Waals surface area contributed by atoms with Gasteiger partial charge in [-0.2, -0.15) is 0 Å². The van der Waals surface area contributed by atoms with Crippen LogP contribution < -0.4 is 15.4 Å². The molecule has 0 fully saturated rings. The molecule has 4 heteroatoms. The number of anilines is 1. The molecule has 1 amide bonds. The van der Waals surface area contributed by atoms with Gasteiger partial charge in [-0.1, -0.05) is 64.1 Å². The number of para-hydroxylation sites is 2. The van der Waals surface area contributed by atoms with Gasteiger partial charge in [-0.05, 0) is 29.0 Å². The summed E-state index contributed by atoms with van der Waals surface area (Å²) in [5.74, 6) is 1.54. The minimum Gasteiger partial charge on any atom is -0.496 e. The minimum atomic E-state index is -0.0378. The third kappa shape index (κ3) is 5.01. The first-order chi connectivity index (χ1) is 12.4. The third-order valence-electron chi connectivity index (χ3n) is 4.47. The Morgan fingerprint density at radius 3 is 2.15 bits per heavy atom. The van der Waals surface area contributed by atoms with Gasteiger partial charge in [-0.15, -0.1) is 0 Å². The van der Waals surface area contributed by atoms with Gasteiger partial charge >= 0.3 is 0 Å². The first kappa shape index (κ1) is 19.8. The van der Waals surface area contributed by atoms with E-state index in [4.69, 9.17) is 4.74 Å². The summed E-state index contributed by atoms with van der Waals surface area (Å²) in [6, 6.07) is 14.1. The molecule has 0 radical (unpaired) electrons. The summed E-state index contributed by atoms with van der Waals surface area (Å²) in [4.78, 5) is 12.3. The van der Waals surface area contributed by atoms with Gasteiger partial charge in [0.25, 0.3) is 0 Å². The van der Waals surface area contributed by atoms with Gasteiger partial charge in [0.05, 0.1) is 13.7 Å². The van der Waals surface area contributed by atoms with Gasteiger partial charge in [0.2, 0.25) is 5.91 Å². The number of hydrogen-bond acceptors (Lipinski definition) is 3. The fraction of sp³-hybridized carbons (Fsp3) is 0.409. The summed E-state index contributed by atoms with van der Waals surface area (Å²) < 4.78 is 5.32. The van der Waals surface area contributed by atoms with Crippen LogP contribution in [0.4, 0.5) is 5.69 Å². The molecule has 0 aromatic heterocycles. The highest BCUT2D eigenvalue weighted by atomic mass is 16.5. The Morgan fingerprint density at radius 2 is 1.58 bits per heavy atom. The maximum atomic E-state index is 12.3. The number of methoxy groups -OCH3 is 1. The van der Waals surface area contributed by atoms with Gasteiger partial charge in [0.1, 0.15) is 5.75 Å². The van der Waals surface area contributed by atoms with Crippen molar-refractivity contribution in [1.82, 2.24) is 5.32 Å². The van der Waals surface area contributed by atoms with Crippen LogP contribution in [0, 0.1) is 0 Å². The molecule has 2 N–H and O–H groups in total. The van der Waals surface area contributed by atoms with Crippen molar-refractivity contribution in [2.75, 3.05) is 19.0 Å². The predicted molar refractivity (Wildman–Crippen MR) is 108 cm³/mol. The molecule has 2 aromatic carbocycles. The Morgan fingerprint density at radius 1 is 0.962 bits per heavy atom. The molecule has 2 aromatic rings. The molecule has 0 atom stereocenters.